The van der Waals surface area contributed by atoms with Gasteiger partial charge in [-0.3, -0.25) is 14.4 Å². The van der Waals surface area contributed by atoms with Gasteiger partial charge < -0.3 is 25.0 Å². The summed E-state index contributed by atoms with van der Waals surface area (Å²) in [6.07, 6.45) is 0.143. The lowest BCUT2D eigenvalue weighted by atomic mass is 10.1. The maximum absolute atomic E-state index is 12.6. The summed E-state index contributed by atoms with van der Waals surface area (Å²) in [6.45, 7) is 1.90. The molecular weight excluding hydrogens is 362 g/mol. The first-order chi connectivity index (χ1) is 13.5. The van der Waals surface area contributed by atoms with E-state index in [1.165, 1.54) is 6.92 Å². The fourth-order valence-electron chi connectivity index (χ4n) is 3.28. The average molecular weight is 381 g/mol. The van der Waals surface area contributed by atoms with Crippen molar-refractivity contribution in [3.05, 3.63) is 42.5 Å². The van der Waals surface area contributed by atoms with Crippen molar-refractivity contribution in [1.29, 1.82) is 0 Å². The second-order valence-electron chi connectivity index (χ2n) is 6.69. The lowest BCUT2D eigenvalue weighted by molar-refractivity contribution is -0.122. The Kier molecular flexibility index (Phi) is 4.60. The summed E-state index contributed by atoms with van der Waals surface area (Å²) in [5.74, 6) is 0.282. The molecule has 0 saturated carbocycles. The van der Waals surface area contributed by atoms with Crippen LogP contribution in [0.2, 0.25) is 0 Å². The van der Waals surface area contributed by atoms with E-state index in [9.17, 15) is 14.4 Å². The molecule has 0 aromatic heterocycles. The number of hydrogen-bond acceptors (Lipinski definition) is 5. The highest BCUT2D eigenvalue weighted by molar-refractivity contribution is 6.03. The fraction of sp³-hybridized carbons (Fsp3) is 0.250. The summed E-state index contributed by atoms with van der Waals surface area (Å²) in [6, 6.07) is 12.1. The number of amides is 3. The monoisotopic (exact) mass is 381 g/mol. The van der Waals surface area contributed by atoms with Crippen molar-refractivity contribution in [2.75, 3.05) is 28.9 Å². The van der Waals surface area contributed by atoms with E-state index in [2.05, 4.69) is 10.6 Å². The normalized spacial score (nSPS) is 17.5. The Balaban J connectivity index is 1.41. The molecule has 2 N–H and O–H groups in total. The minimum atomic E-state index is -0.451. The lowest BCUT2D eigenvalue weighted by Gasteiger charge is -2.17. The predicted octanol–water partition coefficient (Wildman–Crippen LogP) is 2.37. The number of anilines is 3. The van der Waals surface area contributed by atoms with Crippen LogP contribution in [0.4, 0.5) is 17.1 Å². The van der Waals surface area contributed by atoms with Crippen LogP contribution in [0.25, 0.3) is 0 Å². The second-order valence-corrected chi connectivity index (χ2v) is 6.69. The molecule has 1 unspecified atom stereocenters. The smallest absolute Gasteiger partial charge is 0.231 e. The van der Waals surface area contributed by atoms with Crippen LogP contribution in [0.15, 0.2) is 42.5 Å². The molecular formula is C20H19N3O5. The summed E-state index contributed by atoms with van der Waals surface area (Å²) in [7, 11) is 0. The van der Waals surface area contributed by atoms with Crippen molar-refractivity contribution in [3.63, 3.8) is 0 Å². The zero-order valence-corrected chi connectivity index (χ0v) is 15.2. The maximum Gasteiger partial charge on any atom is 0.231 e. The van der Waals surface area contributed by atoms with Gasteiger partial charge in [0.1, 0.15) is 0 Å². The highest BCUT2D eigenvalue weighted by Gasteiger charge is 2.35. The van der Waals surface area contributed by atoms with Gasteiger partial charge in [0, 0.05) is 43.0 Å². The van der Waals surface area contributed by atoms with Crippen LogP contribution in [0, 0.1) is 5.92 Å². The molecule has 0 spiro atoms. The number of ether oxygens (including phenoxy) is 2. The molecule has 1 saturated heterocycles. The van der Waals surface area contributed by atoms with E-state index in [1.54, 1.807) is 47.4 Å². The standard InChI is InChI=1S/C20H19N3O5/c1-12(24)21-14-2-5-16(6-3-14)23-10-13(8-19(23)25)20(26)22-15-4-7-17-18(9-15)28-11-27-17/h2-7,9,13H,8,10-11H2,1H3,(H,21,24)(H,22,26). The molecule has 1 atom stereocenters. The van der Waals surface area contributed by atoms with Crippen molar-refractivity contribution >= 4 is 34.8 Å². The van der Waals surface area contributed by atoms with Crippen molar-refractivity contribution in [3.8, 4) is 11.5 Å². The summed E-state index contributed by atoms with van der Waals surface area (Å²) in [5.41, 5.74) is 1.94. The van der Waals surface area contributed by atoms with Gasteiger partial charge in [0.2, 0.25) is 24.5 Å². The molecule has 2 aliphatic heterocycles. The third-order valence-electron chi connectivity index (χ3n) is 4.64. The van der Waals surface area contributed by atoms with Gasteiger partial charge >= 0.3 is 0 Å². The van der Waals surface area contributed by atoms with Crippen LogP contribution >= 0.6 is 0 Å². The number of rotatable bonds is 4. The van der Waals surface area contributed by atoms with Crippen LogP contribution in [-0.2, 0) is 14.4 Å². The third-order valence-corrected chi connectivity index (χ3v) is 4.64. The van der Waals surface area contributed by atoms with Gasteiger partial charge in [-0.15, -0.1) is 0 Å². The first kappa shape index (κ1) is 17.8. The van der Waals surface area contributed by atoms with Crippen molar-refractivity contribution < 1.29 is 23.9 Å². The molecule has 2 aromatic rings. The van der Waals surface area contributed by atoms with Crippen LogP contribution in [0.5, 0.6) is 11.5 Å². The number of benzene rings is 2. The molecule has 1 fully saturated rings. The van der Waals surface area contributed by atoms with E-state index in [4.69, 9.17) is 9.47 Å². The molecule has 0 bridgehead atoms. The highest BCUT2D eigenvalue weighted by Crippen LogP contribution is 2.34. The van der Waals surface area contributed by atoms with E-state index in [-0.39, 0.29) is 30.9 Å². The summed E-state index contributed by atoms with van der Waals surface area (Å²) < 4.78 is 10.6. The number of nitrogens with one attached hydrogen (secondary N) is 2. The molecule has 2 aliphatic rings. The lowest BCUT2D eigenvalue weighted by Crippen LogP contribution is -2.28. The zero-order chi connectivity index (χ0) is 19.7. The van der Waals surface area contributed by atoms with Crippen LogP contribution in [0.1, 0.15) is 13.3 Å². The van der Waals surface area contributed by atoms with Gasteiger partial charge in [0.25, 0.3) is 0 Å². The van der Waals surface area contributed by atoms with Crippen molar-refractivity contribution in [2.24, 2.45) is 5.92 Å². The number of carbonyl (C=O) groups is 3. The van der Waals surface area contributed by atoms with E-state index < -0.39 is 5.92 Å². The molecule has 0 radical (unpaired) electrons. The SMILES string of the molecule is CC(=O)Nc1ccc(N2CC(C(=O)Nc3ccc4c(c3)OCO4)CC2=O)cc1. The summed E-state index contributed by atoms with van der Waals surface area (Å²) in [5, 5.41) is 5.52. The molecule has 0 aliphatic carbocycles. The summed E-state index contributed by atoms with van der Waals surface area (Å²) >= 11 is 0. The largest absolute Gasteiger partial charge is 0.454 e. The quantitative estimate of drug-likeness (QED) is 0.848. The Morgan fingerprint density at radius 3 is 2.46 bits per heavy atom. The summed E-state index contributed by atoms with van der Waals surface area (Å²) in [4.78, 5) is 37.7. The van der Waals surface area contributed by atoms with Crippen molar-refractivity contribution in [1.82, 2.24) is 0 Å². The maximum atomic E-state index is 12.6. The first-order valence-corrected chi connectivity index (χ1v) is 8.88. The molecule has 2 heterocycles. The van der Waals surface area contributed by atoms with Gasteiger partial charge in [0.05, 0.1) is 5.92 Å². The molecule has 8 heteroatoms. The zero-order valence-electron chi connectivity index (χ0n) is 15.2. The Bertz CT molecular complexity index is 941. The van der Waals surface area contributed by atoms with E-state index in [1.807, 2.05) is 0 Å². The Labute approximate surface area is 161 Å². The minimum absolute atomic E-state index is 0.113. The molecule has 144 valence electrons. The number of carbonyl (C=O) groups excluding carboxylic acids is 3. The highest BCUT2D eigenvalue weighted by atomic mass is 16.7. The van der Waals surface area contributed by atoms with Crippen molar-refractivity contribution in [2.45, 2.75) is 13.3 Å². The van der Waals surface area contributed by atoms with Gasteiger partial charge in [-0.1, -0.05) is 0 Å². The third kappa shape index (κ3) is 3.62. The average Bonchev–Trinajstić information content (AvgIpc) is 3.28. The predicted molar refractivity (Wildman–Crippen MR) is 102 cm³/mol. The van der Waals surface area contributed by atoms with Gasteiger partial charge in [0.15, 0.2) is 11.5 Å². The van der Waals surface area contributed by atoms with Gasteiger partial charge in [-0.05, 0) is 36.4 Å². The van der Waals surface area contributed by atoms with E-state index in [0.29, 0.717) is 35.1 Å². The molecule has 8 nitrogen and oxygen atoms in total. The fourth-order valence-corrected chi connectivity index (χ4v) is 3.28. The van der Waals surface area contributed by atoms with Crippen LogP contribution in [-0.4, -0.2) is 31.1 Å². The number of hydrogen-bond donors (Lipinski definition) is 2. The molecule has 2 aromatic carbocycles. The Morgan fingerprint density at radius 2 is 1.71 bits per heavy atom. The molecule has 4 rings (SSSR count). The first-order valence-electron chi connectivity index (χ1n) is 8.88. The topological polar surface area (TPSA) is 97.0 Å². The van der Waals surface area contributed by atoms with Gasteiger partial charge in [-0.25, -0.2) is 0 Å². The van der Waals surface area contributed by atoms with Crippen LogP contribution < -0.4 is 25.0 Å². The van der Waals surface area contributed by atoms with Gasteiger partial charge in [-0.2, -0.15) is 0 Å². The molecule has 3 amide bonds. The van der Waals surface area contributed by atoms with E-state index in [0.717, 1.165) is 0 Å². The number of fused-ring (bicyclic) bond motifs is 1. The minimum Gasteiger partial charge on any atom is -0.454 e. The second kappa shape index (κ2) is 7.22. The Hall–Kier alpha value is -3.55. The molecule has 28 heavy (non-hydrogen) atoms. The van der Waals surface area contributed by atoms with Crippen LogP contribution in [0.3, 0.4) is 0 Å². The van der Waals surface area contributed by atoms with E-state index >= 15 is 0 Å². The number of nitrogens with zero attached hydrogens (tertiary/aromatic N) is 1. The Morgan fingerprint density at radius 1 is 1.00 bits per heavy atom.